The molecule has 3 aromatic rings. The number of phenolic OH excluding ortho intramolecular Hbond substituents is 1. The first-order valence-electron chi connectivity index (χ1n) is 11.3. The summed E-state index contributed by atoms with van der Waals surface area (Å²) >= 11 is 0. The van der Waals surface area contributed by atoms with Crippen LogP contribution in [-0.2, 0) is 9.59 Å². The summed E-state index contributed by atoms with van der Waals surface area (Å²) in [4.78, 5) is 27.7. The highest BCUT2D eigenvalue weighted by atomic mass is 16.5. The van der Waals surface area contributed by atoms with Crippen LogP contribution in [0.5, 0.6) is 17.2 Å². The lowest BCUT2D eigenvalue weighted by molar-refractivity contribution is -0.132. The number of benzene rings is 3. The largest absolute Gasteiger partial charge is 0.507 e. The Balaban J connectivity index is 1.88. The van der Waals surface area contributed by atoms with Crippen molar-refractivity contribution in [2.24, 2.45) is 0 Å². The van der Waals surface area contributed by atoms with Crippen LogP contribution >= 0.6 is 0 Å². The number of anilines is 1. The molecule has 7 heteroatoms. The molecule has 1 saturated heterocycles. The molecule has 1 atom stereocenters. The fourth-order valence-electron chi connectivity index (χ4n) is 4.18. The first-order valence-corrected chi connectivity index (χ1v) is 11.3. The summed E-state index contributed by atoms with van der Waals surface area (Å²) in [5.41, 5.74) is 1.87. The van der Waals surface area contributed by atoms with E-state index in [1.54, 1.807) is 67.8 Å². The van der Waals surface area contributed by atoms with E-state index in [1.807, 2.05) is 13.8 Å². The quantitative estimate of drug-likeness (QED) is 0.281. The second-order valence-electron chi connectivity index (χ2n) is 8.26. The number of carbonyl (C=O) groups is 2. The SMILES string of the molecule is CCCOc1ccc(/C(O)=C2/C(=O)C(=O)N(c3ccccc3O)C2c2ccc(OC)cc2)cc1C. The van der Waals surface area contributed by atoms with E-state index in [4.69, 9.17) is 9.47 Å². The van der Waals surface area contributed by atoms with Gasteiger partial charge in [0.15, 0.2) is 0 Å². The number of hydrogen-bond acceptors (Lipinski definition) is 6. The second kappa shape index (κ2) is 9.93. The summed E-state index contributed by atoms with van der Waals surface area (Å²) in [5, 5.41) is 21.8. The average molecular weight is 474 g/mol. The fourth-order valence-corrected chi connectivity index (χ4v) is 4.18. The van der Waals surface area contributed by atoms with Gasteiger partial charge in [-0.3, -0.25) is 14.5 Å². The van der Waals surface area contributed by atoms with Crippen molar-refractivity contribution in [1.82, 2.24) is 0 Å². The fraction of sp³-hybridized carbons (Fsp3) is 0.214. The van der Waals surface area contributed by atoms with Crippen molar-refractivity contribution in [1.29, 1.82) is 0 Å². The lowest BCUT2D eigenvalue weighted by atomic mass is 9.94. The molecule has 0 spiro atoms. The van der Waals surface area contributed by atoms with Crippen LogP contribution in [0.2, 0.25) is 0 Å². The summed E-state index contributed by atoms with van der Waals surface area (Å²) in [6, 6.07) is 17.3. The number of amides is 1. The maximum absolute atomic E-state index is 13.3. The molecule has 3 aromatic carbocycles. The molecule has 2 N–H and O–H groups in total. The average Bonchev–Trinajstić information content (AvgIpc) is 3.13. The molecule has 7 nitrogen and oxygen atoms in total. The van der Waals surface area contributed by atoms with E-state index in [2.05, 4.69) is 0 Å². The second-order valence-corrected chi connectivity index (χ2v) is 8.26. The van der Waals surface area contributed by atoms with Crippen molar-refractivity contribution < 1.29 is 29.3 Å². The first kappa shape index (κ1) is 23.9. The Morgan fingerprint density at radius 1 is 1.03 bits per heavy atom. The van der Waals surface area contributed by atoms with Crippen molar-refractivity contribution in [3.8, 4) is 17.2 Å². The van der Waals surface area contributed by atoms with Gasteiger partial charge >= 0.3 is 0 Å². The molecule has 1 unspecified atom stereocenters. The molecule has 1 amide bonds. The van der Waals surface area contributed by atoms with E-state index in [-0.39, 0.29) is 22.8 Å². The number of phenols is 1. The number of para-hydroxylation sites is 2. The predicted molar refractivity (Wildman–Crippen MR) is 133 cm³/mol. The van der Waals surface area contributed by atoms with Crippen LogP contribution in [0.3, 0.4) is 0 Å². The minimum atomic E-state index is -0.953. The van der Waals surface area contributed by atoms with Gasteiger partial charge in [0.2, 0.25) is 0 Å². The third-order valence-corrected chi connectivity index (χ3v) is 5.93. The Labute approximate surface area is 203 Å². The van der Waals surface area contributed by atoms with Crippen molar-refractivity contribution in [3.05, 3.63) is 89.0 Å². The smallest absolute Gasteiger partial charge is 0.300 e. The van der Waals surface area contributed by atoms with Gasteiger partial charge in [-0.25, -0.2) is 0 Å². The van der Waals surface area contributed by atoms with E-state index in [9.17, 15) is 19.8 Å². The van der Waals surface area contributed by atoms with Crippen LogP contribution in [-0.4, -0.2) is 35.6 Å². The molecule has 1 fully saturated rings. The van der Waals surface area contributed by atoms with Crippen molar-refractivity contribution in [3.63, 3.8) is 0 Å². The number of nitrogens with zero attached hydrogens (tertiary/aromatic N) is 1. The molecule has 0 aromatic heterocycles. The maximum atomic E-state index is 13.3. The number of aryl methyl sites for hydroxylation is 1. The molecular formula is C28H27NO6. The number of hydrogen-bond donors (Lipinski definition) is 2. The number of carbonyl (C=O) groups excluding carboxylic acids is 2. The van der Waals surface area contributed by atoms with Crippen LogP contribution in [0, 0.1) is 6.92 Å². The van der Waals surface area contributed by atoms with E-state index in [0.29, 0.717) is 29.2 Å². The van der Waals surface area contributed by atoms with Gasteiger partial charge in [0.1, 0.15) is 23.0 Å². The molecule has 1 aliphatic heterocycles. The molecule has 4 rings (SSSR count). The van der Waals surface area contributed by atoms with Gasteiger partial charge in [-0.1, -0.05) is 31.2 Å². The molecule has 180 valence electrons. The molecule has 1 aliphatic rings. The van der Waals surface area contributed by atoms with Crippen molar-refractivity contribution in [2.75, 3.05) is 18.6 Å². The van der Waals surface area contributed by atoms with Gasteiger partial charge in [0.05, 0.1) is 31.0 Å². The topological polar surface area (TPSA) is 96.3 Å². The highest BCUT2D eigenvalue weighted by Gasteiger charge is 2.47. The Morgan fingerprint density at radius 3 is 2.37 bits per heavy atom. The number of aliphatic hydroxyl groups excluding tert-OH is 1. The highest BCUT2D eigenvalue weighted by Crippen LogP contribution is 2.45. The zero-order valence-electron chi connectivity index (χ0n) is 19.8. The van der Waals surface area contributed by atoms with Crippen LogP contribution in [0.15, 0.2) is 72.3 Å². The van der Waals surface area contributed by atoms with Crippen molar-refractivity contribution in [2.45, 2.75) is 26.3 Å². The van der Waals surface area contributed by atoms with Gasteiger partial charge in [0.25, 0.3) is 11.7 Å². The van der Waals surface area contributed by atoms with Gasteiger partial charge in [-0.15, -0.1) is 0 Å². The Hall–Kier alpha value is -4.26. The number of aliphatic hydroxyl groups is 1. The normalized spacial score (nSPS) is 17.0. The minimum Gasteiger partial charge on any atom is -0.507 e. The van der Waals surface area contributed by atoms with E-state index in [0.717, 1.165) is 12.0 Å². The zero-order chi connectivity index (χ0) is 25.1. The van der Waals surface area contributed by atoms with Crippen LogP contribution < -0.4 is 14.4 Å². The van der Waals surface area contributed by atoms with E-state index in [1.165, 1.54) is 11.0 Å². The lowest BCUT2D eigenvalue weighted by Crippen LogP contribution is -2.29. The Bertz CT molecular complexity index is 1300. The minimum absolute atomic E-state index is 0.0648. The standard InChI is InChI=1S/C28H27NO6/c1-4-15-35-23-14-11-19(16-17(23)2)26(31)24-25(18-9-12-20(34-3)13-10-18)29(28(33)27(24)32)21-7-5-6-8-22(21)30/h5-14,16,25,30-31H,4,15H2,1-3H3/b26-24-. The lowest BCUT2D eigenvalue weighted by Gasteiger charge is -2.26. The third-order valence-electron chi connectivity index (χ3n) is 5.93. The predicted octanol–water partition coefficient (Wildman–Crippen LogP) is 5.12. The van der Waals surface area contributed by atoms with E-state index >= 15 is 0 Å². The highest BCUT2D eigenvalue weighted by molar-refractivity contribution is 6.51. The molecular weight excluding hydrogens is 446 g/mol. The van der Waals surface area contributed by atoms with Gasteiger partial charge in [0, 0.05) is 5.56 Å². The van der Waals surface area contributed by atoms with E-state index < -0.39 is 17.7 Å². The molecule has 35 heavy (non-hydrogen) atoms. The van der Waals surface area contributed by atoms with Gasteiger partial charge in [-0.2, -0.15) is 0 Å². The molecule has 0 radical (unpaired) electrons. The molecule has 0 saturated carbocycles. The van der Waals surface area contributed by atoms with Crippen LogP contribution in [0.4, 0.5) is 5.69 Å². The molecule has 0 bridgehead atoms. The number of methoxy groups -OCH3 is 1. The third kappa shape index (κ3) is 4.45. The summed E-state index contributed by atoms with van der Waals surface area (Å²) in [6.45, 7) is 4.43. The number of Topliss-reactive ketones (excluding diaryl/α,β-unsaturated/α-hetero) is 1. The number of aromatic hydroxyl groups is 1. The summed E-state index contributed by atoms with van der Waals surface area (Å²) in [7, 11) is 1.54. The summed E-state index contributed by atoms with van der Waals surface area (Å²) in [5.74, 6) is -0.839. The molecule has 1 heterocycles. The van der Waals surface area contributed by atoms with Gasteiger partial charge < -0.3 is 19.7 Å². The number of ketones is 1. The van der Waals surface area contributed by atoms with Crippen LogP contribution in [0.25, 0.3) is 5.76 Å². The summed E-state index contributed by atoms with van der Waals surface area (Å²) in [6.07, 6.45) is 0.860. The van der Waals surface area contributed by atoms with Crippen molar-refractivity contribution >= 4 is 23.1 Å². The summed E-state index contributed by atoms with van der Waals surface area (Å²) < 4.78 is 11.0. The number of ether oxygens (including phenoxy) is 2. The monoisotopic (exact) mass is 473 g/mol. The number of rotatable bonds is 7. The first-order chi connectivity index (χ1) is 16.9. The van der Waals surface area contributed by atoms with Gasteiger partial charge in [-0.05, 0) is 66.9 Å². The molecule has 0 aliphatic carbocycles. The maximum Gasteiger partial charge on any atom is 0.300 e. The Morgan fingerprint density at radius 2 is 1.74 bits per heavy atom. The zero-order valence-corrected chi connectivity index (χ0v) is 19.8. The van der Waals surface area contributed by atoms with Crippen LogP contribution in [0.1, 0.15) is 36.1 Å². The Kier molecular flexibility index (Phi) is 6.78.